The molecule has 4 heteroatoms. The molecule has 0 aromatic heterocycles. The van der Waals surface area contributed by atoms with Crippen LogP contribution in [0.15, 0.2) is 6.07 Å². The Morgan fingerprint density at radius 3 is 2.67 bits per heavy atom. The van der Waals surface area contributed by atoms with E-state index in [1.807, 2.05) is 19.9 Å². The number of rotatable bonds is 3. The SMILES string of the molecule is Cc1cc2c(c(CC(C)(C)C(=O)O)c1C)OCO2. The highest BCUT2D eigenvalue weighted by molar-refractivity contribution is 5.74. The van der Waals surface area contributed by atoms with Crippen molar-refractivity contribution in [3.63, 3.8) is 0 Å². The van der Waals surface area contributed by atoms with Gasteiger partial charge in [-0.15, -0.1) is 0 Å². The van der Waals surface area contributed by atoms with E-state index in [0.29, 0.717) is 17.9 Å². The number of aryl methyl sites for hydroxylation is 1. The predicted octanol–water partition coefficient (Wildman–Crippen LogP) is 2.69. The van der Waals surface area contributed by atoms with Crippen LogP contribution >= 0.6 is 0 Å². The highest BCUT2D eigenvalue weighted by Crippen LogP contribution is 2.41. The van der Waals surface area contributed by atoms with Gasteiger partial charge < -0.3 is 14.6 Å². The Kier molecular flexibility index (Phi) is 2.97. The quantitative estimate of drug-likeness (QED) is 0.896. The molecule has 1 heterocycles. The Labute approximate surface area is 107 Å². The molecule has 1 aromatic carbocycles. The Bertz CT molecular complexity index is 503. The summed E-state index contributed by atoms with van der Waals surface area (Å²) in [6.07, 6.45) is 0.432. The number of benzene rings is 1. The normalized spacial score (nSPS) is 13.8. The summed E-state index contributed by atoms with van der Waals surface area (Å²) < 4.78 is 10.9. The molecule has 0 radical (unpaired) electrons. The minimum absolute atomic E-state index is 0.207. The molecular weight excluding hydrogens is 232 g/mol. The second kappa shape index (κ2) is 4.19. The molecule has 1 aromatic rings. The Morgan fingerprint density at radius 2 is 2.06 bits per heavy atom. The van der Waals surface area contributed by atoms with E-state index in [1.54, 1.807) is 13.8 Å². The molecule has 0 saturated heterocycles. The van der Waals surface area contributed by atoms with Gasteiger partial charge in [0.25, 0.3) is 0 Å². The smallest absolute Gasteiger partial charge is 0.309 e. The van der Waals surface area contributed by atoms with E-state index < -0.39 is 11.4 Å². The molecular formula is C14H18O4. The largest absolute Gasteiger partial charge is 0.481 e. The lowest BCUT2D eigenvalue weighted by Crippen LogP contribution is -2.26. The van der Waals surface area contributed by atoms with Crippen LogP contribution in [-0.4, -0.2) is 17.9 Å². The molecule has 98 valence electrons. The molecule has 18 heavy (non-hydrogen) atoms. The first-order valence-electron chi connectivity index (χ1n) is 5.95. The Hall–Kier alpha value is -1.71. The summed E-state index contributed by atoms with van der Waals surface area (Å²) in [4.78, 5) is 11.2. The van der Waals surface area contributed by atoms with Crippen LogP contribution in [0.5, 0.6) is 11.5 Å². The Morgan fingerprint density at radius 1 is 1.39 bits per heavy atom. The van der Waals surface area contributed by atoms with Crippen molar-refractivity contribution in [1.82, 2.24) is 0 Å². The molecule has 0 aliphatic carbocycles. The van der Waals surface area contributed by atoms with E-state index in [0.717, 1.165) is 16.7 Å². The van der Waals surface area contributed by atoms with E-state index in [-0.39, 0.29) is 6.79 Å². The summed E-state index contributed by atoms with van der Waals surface area (Å²) in [5.74, 6) is 0.609. The minimum Gasteiger partial charge on any atom is -0.481 e. The van der Waals surface area contributed by atoms with Crippen molar-refractivity contribution < 1.29 is 19.4 Å². The predicted molar refractivity (Wildman–Crippen MR) is 67.2 cm³/mol. The number of carboxylic acids is 1. The zero-order valence-electron chi connectivity index (χ0n) is 11.2. The van der Waals surface area contributed by atoms with Crippen molar-refractivity contribution in [2.75, 3.05) is 6.79 Å². The van der Waals surface area contributed by atoms with Crippen LogP contribution in [0.2, 0.25) is 0 Å². The molecule has 0 spiro atoms. The van der Waals surface area contributed by atoms with Gasteiger partial charge in [0.05, 0.1) is 5.41 Å². The monoisotopic (exact) mass is 250 g/mol. The molecule has 1 aliphatic heterocycles. The fraction of sp³-hybridized carbons (Fsp3) is 0.500. The summed E-state index contributed by atoms with van der Waals surface area (Å²) in [7, 11) is 0. The van der Waals surface area contributed by atoms with Crippen LogP contribution in [0.1, 0.15) is 30.5 Å². The molecule has 0 bridgehead atoms. The summed E-state index contributed by atoms with van der Waals surface area (Å²) in [5.41, 5.74) is 2.29. The molecule has 0 amide bonds. The molecule has 1 aliphatic rings. The van der Waals surface area contributed by atoms with E-state index in [4.69, 9.17) is 9.47 Å². The first-order valence-corrected chi connectivity index (χ1v) is 5.95. The highest BCUT2D eigenvalue weighted by atomic mass is 16.7. The van der Waals surface area contributed by atoms with Crippen molar-refractivity contribution in [3.05, 3.63) is 22.8 Å². The maximum absolute atomic E-state index is 11.2. The van der Waals surface area contributed by atoms with Gasteiger partial charge in [0.15, 0.2) is 11.5 Å². The molecule has 2 rings (SSSR count). The van der Waals surface area contributed by atoms with E-state index in [2.05, 4.69) is 0 Å². The van der Waals surface area contributed by atoms with Gasteiger partial charge in [-0.05, 0) is 51.3 Å². The second-order valence-electron chi connectivity index (χ2n) is 5.40. The second-order valence-corrected chi connectivity index (χ2v) is 5.40. The van der Waals surface area contributed by atoms with E-state index in [9.17, 15) is 9.90 Å². The number of ether oxygens (including phenoxy) is 2. The van der Waals surface area contributed by atoms with E-state index >= 15 is 0 Å². The van der Waals surface area contributed by atoms with Crippen molar-refractivity contribution in [1.29, 1.82) is 0 Å². The third-order valence-electron chi connectivity index (χ3n) is 3.51. The van der Waals surface area contributed by atoms with E-state index in [1.165, 1.54) is 0 Å². The van der Waals surface area contributed by atoms with Gasteiger partial charge in [0.1, 0.15) is 0 Å². The maximum Gasteiger partial charge on any atom is 0.309 e. The van der Waals surface area contributed by atoms with Gasteiger partial charge in [-0.1, -0.05) is 0 Å². The van der Waals surface area contributed by atoms with Crippen LogP contribution in [0, 0.1) is 19.3 Å². The zero-order chi connectivity index (χ0) is 13.5. The number of aliphatic carboxylic acids is 1. The standard InChI is InChI=1S/C14H18O4/c1-8-5-11-12(18-7-17-11)10(9(8)2)6-14(3,4)13(15)16/h5H,6-7H2,1-4H3,(H,15,16). The molecule has 0 saturated carbocycles. The lowest BCUT2D eigenvalue weighted by Gasteiger charge is -2.22. The van der Waals surface area contributed by atoms with Crippen molar-refractivity contribution in [2.24, 2.45) is 5.41 Å². The van der Waals surface area contributed by atoms with Gasteiger partial charge in [-0.2, -0.15) is 0 Å². The molecule has 0 fully saturated rings. The lowest BCUT2D eigenvalue weighted by atomic mass is 9.83. The van der Waals surface area contributed by atoms with Crippen molar-refractivity contribution in [3.8, 4) is 11.5 Å². The molecule has 4 nitrogen and oxygen atoms in total. The van der Waals surface area contributed by atoms with Gasteiger partial charge in [0.2, 0.25) is 6.79 Å². The van der Waals surface area contributed by atoms with Crippen LogP contribution in [0.25, 0.3) is 0 Å². The topological polar surface area (TPSA) is 55.8 Å². The number of carboxylic acid groups (broad SMARTS) is 1. The summed E-state index contributed by atoms with van der Waals surface area (Å²) in [6, 6.07) is 1.94. The van der Waals surface area contributed by atoms with Crippen LogP contribution in [0.3, 0.4) is 0 Å². The fourth-order valence-electron chi connectivity index (χ4n) is 2.08. The van der Waals surface area contributed by atoms with Crippen LogP contribution in [-0.2, 0) is 11.2 Å². The van der Waals surface area contributed by atoms with Gasteiger partial charge in [-0.25, -0.2) is 0 Å². The number of hydrogen-bond acceptors (Lipinski definition) is 3. The summed E-state index contributed by atoms with van der Waals surface area (Å²) in [6.45, 7) is 7.64. The average molecular weight is 250 g/mol. The average Bonchev–Trinajstić information content (AvgIpc) is 2.72. The lowest BCUT2D eigenvalue weighted by molar-refractivity contribution is -0.146. The van der Waals surface area contributed by atoms with Crippen LogP contribution < -0.4 is 9.47 Å². The zero-order valence-corrected chi connectivity index (χ0v) is 11.2. The van der Waals surface area contributed by atoms with Gasteiger partial charge in [0, 0.05) is 5.56 Å². The first-order chi connectivity index (χ1) is 8.33. The van der Waals surface area contributed by atoms with Crippen LogP contribution in [0.4, 0.5) is 0 Å². The molecule has 0 unspecified atom stereocenters. The fourth-order valence-corrected chi connectivity index (χ4v) is 2.08. The number of hydrogen-bond donors (Lipinski definition) is 1. The van der Waals surface area contributed by atoms with Crippen molar-refractivity contribution in [2.45, 2.75) is 34.1 Å². The maximum atomic E-state index is 11.2. The van der Waals surface area contributed by atoms with Crippen molar-refractivity contribution >= 4 is 5.97 Å². The Balaban J connectivity index is 2.48. The van der Waals surface area contributed by atoms with Gasteiger partial charge >= 0.3 is 5.97 Å². The molecule has 0 atom stereocenters. The highest BCUT2D eigenvalue weighted by Gasteiger charge is 2.32. The summed E-state index contributed by atoms with van der Waals surface area (Å²) >= 11 is 0. The summed E-state index contributed by atoms with van der Waals surface area (Å²) in [5, 5.41) is 9.24. The third kappa shape index (κ3) is 2.03. The third-order valence-corrected chi connectivity index (χ3v) is 3.51. The van der Waals surface area contributed by atoms with Gasteiger partial charge in [-0.3, -0.25) is 4.79 Å². The first kappa shape index (κ1) is 12.7. The number of carbonyl (C=O) groups is 1. The molecule has 1 N–H and O–H groups in total. The number of fused-ring (bicyclic) bond motifs is 1. The minimum atomic E-state index is -0.821.